The molecule has 210 valence electrons. The third kappa shape index (κ3) is 5.54. The first-order valence-electron chi connectivity index (χ1n) is 12.5. The molecule has 0 aliphatic carbocycles. The smallest absolute Gasteiger partial charge is 0.267 e. The molecule has 11 nitrogen and oxygen atoms in total. The summed E-state index contributed by atoms with van der Waals surface area (Å²) in [6.45, 7) is 4.39. The van der Waals surface area contributed by atoms with E-state index in [-0.39, 0.29) is 39.2 Å². The number of pyridine rings is 2. The number of hydrogen-bond acceptors (Lipinski definition) is 9. The second-order valence-electron chi connectivity index (χ2n) is 9.88. The number of hydrogen-bond donors (Lipinski definition) is 5. The van der Waals surface area contributed by atoms with E-state index in [0.29, 0.717) is 35.5 Å². The van der Waals surface area contributed by atoms with Crippen LogP contribution in [0.1, 0.15) is 31.4 Å². The third-order valence-electron chi connectivity index (χ3n) is 6.38. The van der Waals surface area contributed by atoms with Crippen LogP contribution < -0.4 is 15.6 Å². The fraction of sp³-hybridized carbons (Fsp3) is 0.222. The maximum absolute atomic E-state index is 13.6. The highest BCUT2D eigenvalue weighted by Gasteiger charge is 2.31. The van der Waals surface area contributed by atoms with E-state index in [1.165, 1.54) is 29.0 Å². The Labute approximate surface area is 232 Å². The first-order chi connectivity index (χ1) is 18.9. The molecule has 0 unspecified atom stereocenters. The first-order valence-corrected chi connectivity index (χ1v) is 15.7. The summed E-state index contributed by atoms with van der Waals surface area (Å²) in [4.78, 5) is 17.8. The SMILES string of the molecule is CC(C)CCn1c(=O)c(C2=NS(O)(O)c3cc(NS(=O)(=O)Cc4ccccc4)ccc3N2)c(O)c2cccnc21. The van der Waals surface area contributed by atoms with Crippen molar-refractivity contribution in [3.8, 4) is 5.75 Å². The summed E-state index contributed by atoms with van der Waals surface area (Å²) in [5.74, 6) is -0.562. The highest BCUT2D eigenvalue weighted by molar-refractivity contribution is 8.23. The maximum Gasteiger partial charge on any atom is 0.267 e. The van der Waals surface area contributed by atoms with E-state index in [4.69, 9.17) is 0 Å². The molecule has 0 saturated heterocycles. The molecule has 13 heteroatoms. The normalized spacial score (nSPS) is 15.3. The zero-order chi connectivity index (χ0) is 28.7. The van der Waals surface area contributed by atoms with Crippen molar-refractivity contribution in [2.75, 3.05) is 10.0 Å². The Hall–Kier alpha value is -3.91. The predicted molar refractivity (Wildman–Crippen MR) is 158 cm³/mol. The second-order valence-corrected chi connectivity index (χ2v) is 13.3. The van der Waals surface area contributed by atoms with Gasteiger partial charge in [-0.05, 0) is 48.2 Å². The summed E-state index contributed by atoms with van der Waals surface area (Å²) in [5.41, 5.74) is 0.422. The highest BCUT2D eigenvalue weighted by atomic mass is 32.3. The van der Waals surface area contributed by atoms with Crippen LogP contribution in [-0.4, -0.2) is 38.0 Å². The molecule has 1 aliphatic rings. The number of sulfonamides is 1. The number of benzene rings is 2. The third-order valence-corrected chi connectivity index (χ3v) is 9.01. The first kappa shape index (κ1) is 27.6. The van der Waals surface area contributed by atoms with Crippen molar-refractivity contribution >= 4 is 49.0 Å². The zero-order valence-corrected chi connectivity index (χ0v) is 23.4. The molecule has 2 aromatic heterocycles. The average molecular weight is 584 g/mol. The molecule has 0 bridgehead atoms. The van der Waals surface area contributed by atoms with Crippen LogP contribution in [0, 0.1) is 5.92 Å². The van der Waals surface area contributed by atoms with Gasteiger partial charge in [-0.1, -0.05) is 55.0 Å². The number of aromatic hydroxyl groups is 1. The minimum Gasteiger partial charge on any atom is -0.506 e. The van der Waals surface area contributed by atoms with Crippen molar-refractivity contribution in [3.63, 3.8) is 0 Å². The van der Waals surface area contributed by atoms with Crippen LogP contribution >= 0.6 is 10.8 Å². The van der Waals surface area contributed by atoms with E-state index in [9.17, 15) is 27.4 Å². The fourth-order valence-electron chi connectivity index (χ4n) is 4.43. The molecule has 40 heavy (non-hydrogen) atoms. The quantitative estimate of drug-likeness (QED) is 0.194. The van der Waals surface area contributed by atoms with Gasteiger partial charge in [0.05, 0.1) is 22.5 Å². The molecule has 0 atom stereocenters. The van der Waals surface area contributed by atoms with Gasteiger partial charge < -0.3 is 10.4 Å². The number of nitrogens with one attached hydrogen (secondary N) is 2. The lowest BCUT2D eigenvalue weighted by atomic mass is 10.1. The van der Waals surface area contributed by atoms with Gasteiger partial charge in [-0.15, -0.1) is 4.40 Å². The van der Waals surface area contributed by atoms with Gasteiger partial charge in [-0.2, -0.15) is 0 Å². The van der Waals surface area contributed by atoms with Gasteiger partial charge in [-0.3, -0.25) is 23.2 Å². The van der Waals surface area contributed by atoms with E-state index in [1.807, 2.05) is 13.8 Å². The van der Waals surface area contributed by atoms with Gasteiger partial charge in [0, 0.05) is 12.7 Å². The summed E-state index contributed by atoms with van der Waals surface area (Å²) in [6, 6.07) is 16.1. The van der Waals surface area contributed by atoms with Crippen LogP contribution in [0.25, 0.3) is 11.0 Å². The molecule has 4 aromatic rings. The number of nitrogens with zero attached hydrogens (tertiary/aromatic N) is 3. The van der Waals surface area contributed by atoms with Crippen molar-refractivity contribution in [2.45, 2.75) is 37.5 Å². The molecule has 0 spiro atoms. The molecule has 0 radical (unpaired) electrons. The number of aromatic nitrogens is 2. The number of fused-ring (bicyclic) bond motifs is 2. The lowest BCUT2D eigenvalue weighted by Gasteiger charge is -2.34. The Morgan fingerprint density at radius 1 is 1.07 bits per heavy atom. The summed E-state index contributed by atoms with van der Waals surface area (Å²) in [7, 11) is -7.68. The molecule has 5 N–H and O–H groups in total. The molecule has 1 aliphatic heterocycles. The Kier molecular flexibility index (Phi) is 7.31. The van der Waals surface area contributed by atoms with Gasteiger partial charge in [-0.25, -0.2) is 13.4 Å². The maximum atomic E-state index is 13.6. The summed E-state index contributed by atoms with van der Waals surface area (Å²) in [6.07, 6.45) is 2.21. The largest absolute Gasteiger partial charge is 0.506 e. The van der Waals surface area contributed by atoms with E-state index in [2.05, 4.69) is 19.4 Å². The van der Waals surface area contributed by atoms with Gasteiger partial charge in [0.1, 0.15) is 21.9 Å². The van der Waals surface area contributed by atoms with Crippen molar-refractivity contribution in [3.05, 3.63) is 88.3 Å². The number of rotatable bonds is 8. The molecule has 0 amide bonds. The molecule has 5 rings (SSSR count). The fourth-order valence-corrected chi connectivity index (χ4v) is 6.81. The van der Waals surface area contributed by atoms with E-state index >= 15 is 0 Å². The minimum atomic E-state index is -3.89. The molecule has 2 aromatic carbocycles. The van der Waals surface area contributed by atoms with Crippen LogP contribution in [0.3, 0.4) is 0 Å². The van der Waals surface area contributed by atoms with Gasteiger partial charge in [0.15, 0.2) is 5.84 Å². The standard InChI is InChI=1S/C27H29N5O6S2/c1-17(2)12-14-32-26-20(9-6-13-28-26)24(33)23(27(32)34)25-29-21-11-10-19(15-22(21)40(37,38)31-25)30-39(35,36)16-18-7-4-3-5-8-18/h3-11,13,15,17,30,33,37-38H,12,14,16H2,1-2H3,(H,29,31). The summed E-state index contributed by atoms with van der Waals surface area (Å²) in [5, 5.41) is 14.3. The number of aryl methyl sites for hydroxylation is 1. The monoisotopic (exact) mass is 583 g/mol. The Morgan fingerprint density at radius 3 is 2.55 bits per heavy atom. The topological polar surface area (TPSA) is 166 Å². The van der Waals surface area contributed by atoms with Crippen molar-refractivity contribution in [2.24, 2.45) is 10.3 Å². The van der Waals surface area contributed by atoms with Gasteiger partial charge >= 0.3 is 0 Å². The summed E-state index contributed by atoms with van der Waals surface area (Å²) >= 11 is 0. The lowest BCUT2D eigenvalue weighted by Crippen LogP contribution is -2.32. The van der Waals surface area contributed by atoms with Crippen molar-refractivity contribution in [1.29, 1.82) is 0 Å². The van der Waals surface area contributed by atoms with Crippen LogP contribution in [-0.2, 0) is 22.3 Å². The molecular formula is C27H29N5O6S2. The van der Waals surface area contributed by atoms with Crippen LogP contribution in [0.15, 0.2) is 80.9 Å². The second kappa shape index (κ2) is 10.6. The van der Waals surface area contributed by atoms with Gasteiger partial charge in [0.2, 0.25) is 10.0 Å². The summed E-state index contributed by atoms with van der Waals surface area (Å²) < 4.78 is 55.3. The zero-order valence-electron chi connectivity index (χ0n) is 21.8. The Balaban J connectivity index is 1.52. The molecule has 0 fully saturated rings. The Bertz CT molecular complexity index is 1790. The van der Waals surface area contributed by atoms with Crippen molar-refractivity contribution < 1.29 is 22.6 Å². The van der Waals surface area contributed by atoms with Crippen molar-refractivity contribution in [1.82, 2.24) is 9.55 Å². The average Bonchev–Trinajstić information content (AvgIpc) is 2.89. The molecule has 0 saturated carbocycles. The van der Waals surface area contributed by atoms with Crippen LogP contribution in [0.5, 0.6) is 5.75 Å². The molecular weight excluding hydrogens is 554 g/mol. The Morgan fingerprint density at radius 2 is 1.82 bits per heavy atom. The van der Waals surface area contributed by atoms with E-state index in [0.717, 1.165) is 0 Å². The lowest BCUT2D eigenvalue weighted by molar-refractivity contribution is 0.473. The highest BCUT2D eigenvalue weighted by Crippen LogP contribution is 2.56. The van der Waals surface area contributed by atoms with Crippen LogP contribution in [0.4, 0.5) is 11.4 Å². The van der Waals surface area contributed by atoms with E-state index < -0.39 is 26.4 Å². The number of anilines is 2. The van der Waals surface area contributed by atoms with E-state index in [1.54, 1.807) is 42.5 Å². The molecule has 3 heterocycles. The predicted octanol–water partition coefficient (Wildman–Crippen LogP) is 4.99. The number of amidine groups is 1. The minimum absolute atomic E-state index is 0.0572. The van der Waals surface area contributed by atoms with Crippen LogP contribution in [0.2, 0.25) is 0 Å². The van der Waals surface area contributed by atoms with Gasteiger partial charge in [0.25, 0.3) is 5.56 Å².